The first-order chi connectivity index (χ1) is 17.4. The van der Waals surface area contributed by atoms with E-state index in [-0.39, 0.29) is 0 Å². The number of nitrogen functional groups attached to an aromatic ring is 3. The lowest BCUT2D eigenvalue weighted by molar-refractivity contribution is 0.439. The van der Waals surface area contributed by atoms with Crippen LogP contribution in [0.15, 0.2) is 72.8 Å². The highest BCUT2D eigenvalue weighted by atomic mass is 16.5. The van der Waals surface area contributed by atoms with Crippen LogP contribution >= 0.6 is 0 Å². The Labute approximate surface area is 212 Å². The third-order valence-electron chi connectivity index (χ3n) is 6.05. The molecular formula is C30H33N3O3. The van der Waals surface area contributed by atoms with Crippen molar-refractivity contribution in [1.29, 1.82) is 0 Å². The first-order valence-electron chi connectivity index (χ1n) is 12.2. The molecule has 186 valence electrons. The largest absolute Gasteiger partial charge is 0.457 e. The third kappa shape index (κ3) is 5.84. The number of hydrogen-bond donors (Lipinski definition) is 3. The monoisotopic (exact) mass is 483 g/mol. The van der Waals surface area contributed by atoms with E-state index in [9.17, 15) is 0 Å². The Morgan fingerprint density at radius 2 is 0.694 bits per heavy atom. The molecule has 0 bridgehead atoms. The highest BCUT2D eigenvalue weighted by Gasteiger charge is 2.11. The minimum absolute atomic E-state index is 0.576. The molecule has 0 amide bonds. The second-order valence-electron chi connectivity index (χ2n) is 8.59. The molecule has 4 aromatic rings. The van der Waals surface area contributed by atoms with Gasteiger partial charge in [-0.2, -0.15) is 0 Å². The fourth-order valence-electron chi connectivity index (χ4n) is 3.99. The Hall–Kier alpha value is -4.32. The summed E-state index contributed by atoms with van der Waals surface area (Å²) in [6, 6.07) is 22.5. The lowest BCUT2D eigenvalue weighted by Crippen LogP contribution is -1.96. The van der Waals surface area contributed by atoms with E-state index in [0.29, 0.717) is 34.5 Å². The van der Waals surface area contributed by atoms with Crippen LogP contribution in [-0.4, -0.2) is 0 Å². The highest BCUT2D eigenvalue weighted by molar-refractivity contribution is 5.55. The molecule has 36 heavy (non-hydrogen) atoms. The molecule has 0 aromatic heterocycles. The molecule has 0 radical (unpaired) electrons. The summed E-state index contributed by atoms with van der Waals surface area (Å²) in [5, 5.41) is 0. The van der Waals surface area contributed by atoms with Gasteiger partial charge in [0.1, 0.15) is 34.5 Å². The molecule has 4 rings (SSSR count). The first kappa shape index (κ1) is 24.8. The lowest BCUT2D eigenvalue weighted by atomic mass is 10.1. The summed E-state index contributed by atoms with van der Waals surface area (Å²) in [4.78, 5) is 0. The van der Waals surface area contributed by atoms with Crippen molar-refractivity contribution in [2.24, 2.45) is 0 Å². The van der Waals surface area contributed by atoms with Crippen molar-refractivity contribution in [3.8, 4) is 34.5 Å². The maximum atomic E-state index is 6.21. The van der Waals surface area contributed by atoms with Gasteiger partial charge in [-0.05, 0) is 90.6 Å². The zero-order valence-electron chi connectivity index (χ0n) is 21.0. The maximum absolute atomic E-state index is 6.21. The Kier molecular flexibility index (Phi) is 7.54. The molecule has 6 nitrogen and oxygen atoms in total. The number of benzene rings is 4. The van der Waals surface area contributed by atoms with Crippen molar-refractivity contribution in [2.75, 3.05) is 17.2 Å². The third-order valence-corrected chi connectivity index (χ3v) is 6.05. The number of ether oxygens (including phenoxy) is 3. The van der Waals surface area contributed by atoms with Crippen LogP contribution in [0.2, 0.25) is 0 Å². The van der Waals surface area contributed by atoms with E-state index in [1.807, 2.05) is 72.8 Å². The van der Waals surface area contributed by atoms with Gasteiger partial charge in [-0.25, -0.2) is 0 Å². The van der Waals surface area contributed by atoms with Crippen LogP contribution in [0.5, 0.6) is 34.5 Å². The molecule has 6 N–H and O–H groups in total. The molecule has 4 aromatic carbocycles. The van der Waals surface area contributed by atoms with Gasteiger partial charge in [-0.3, -0.25) is 0 Å². The maximum Gasteiger partial charge on any atom is 0.134 e. The summed E-state index contributed by atoms with van der Waals surface area (Å²) in [7, 11) is 0. The lowest BCUT2D eigenvalue weighted by Gasteiger charge is -2.15. The van der Waals surface area contributed by atoms with Gasteiger partial charge >= 0.3 is 0 Å². The number of anilines is 3. The first-order valence-corrected chi connectivity index (χ1v) is 12.2. The van der Waals surface area contributed by atoms with Crippen molar-refractivity contribution < 1.29 is 14.2 Å². The summed E-state index contributed by atoms with van der Waals surface area (Å²) < 4.78 is 18.6. The fraction of sp³-hybridized carbons (Fsp3) is 0.200. The minimum Gasteiger partial charge on any atom is -0.457 e. The highest BCUT2D eigenvalue weighted by Crippen LogP contribution is 2.37. The van der Waals surface area contributed by atoms with Crippen molar-refractivity contribution in [3.05, 3.63) is 89.5 Å². The summed E-state index contributed by atoms with van der Waals surface area (Å²) in [6.45, 7) is 6.18. The van der Waals surface area contributed by atoms with E-state index in [2.05, 4.69) is 20.8 Å². The van der Waals surface area contributed by atoms with Gasteiger partial charge in [0, 0.05) is 35.3 Å². The molecule has 0 aliphatic rings. The van der Waals surface area contributed by atoms with Crippen LogP contribution < -0.4 is 31.4 Å². The summed E-state index contributed by atoms with van der Waals surface area (Å²) in [5.74, 6) is 3.78. The predicted molar refractivity (Wildman–Crippen MR) is 147 cm³/mol. The Bertz CT molecular complexity index is 1190. The van der Waals surface area contributed by atoms with Gasteiger partial charge in [0.2, 0.25) is 0 Å². The van der Waals surface area contributed by atoms with Crippen molar-refractivity contribution in [1.82, 2.24) is 0 Å². The van der Waals surface area contributed by atoms with Crippen molar-refractivity contribution >= 4 is 17.1 Å². The second kappa shape index (κ2) is 11.0. The van der Waals surface area contributed by atoms with Crippen LogP contribution in [0.3, 0.4) is 0 Å². The molecule has 6 heteroatoms. The van der Waals surface area contributed by atoms with E-state index >= 15 is 0 Å². The average Bonchev–Trinajstić information content (AvgIpc) is 2.87. The van der Waals surface area contributed by atoms with E-state index < -0.39 is 0 Å². The number of rotatable bonds is 9. The summed E-state index contributed by atoms with van der Waals surface area (Å²) in [6.07, 6.45) is 2.44. The topological polar surface area (TPSA) is 106 Å². The SMILES string of the molecule is CCc1cc(Oc2cc(Oc3ccc(N)c(CC)c3)cc(Oc3ccc(N)c(CC)c3)c2)ccc1N. The smallest absolute Gasteiger partial charge is 0.134 e. The van der Waals surface area contributed by atoms with Crippen LogP contribution in [-0.2, 0) is 19.3 Å². The number of aryl methyl sites for hydroxylation is 3. The molecule has 0 fully saturated rings. The summed E-state index contributed by atoms with van der Waals surface area (Å²) >= 11 is 0. The molecule has 0 heterocycles. The molecular weight excluding hydrogens is 450 g/mol. The number of nitrogens with two attached hydrogens (primary N) is 3. The van der Waals surface area contributed by atoms with Crippen molar-refractivity contribution in [3.63, 3.8) is 0 Å². The van der Waals surface area contributed by atoms with Crippen LogP contribution in [0, 0.1) is 0 Å². The Balaban J connectivity index is 1.69. The molecule has 0 saturated carbocycles. The van der Waals surface area contributed by atoms with E-state index in [0.717, 1.165) is 53.0 Å². The zero-order valence-corrected chi connectivity index (χ0v) is 21.0. The van der Waals surface area contributed by atoms with E-state index in [1.165, 1.54) is 0 Å². The quantitative estimate of drug-likeness (QED) is 0.213. The average molecular weight is 484 g/mol. The molecule has 0 unspecified atom stereocenters. The van der Waals surface area contributed by atoms with Gasteiger partial charge in [0.05, 0.1) is 0 Å². The Morgan fingerprint density at radius 1 is 0.417 bits per heavy atom. The molecule has 0 aliphatic carbocycles. The van der Waals surface area contributed by atoms with Crippen LogP contribution in [0.1, 0.15) is 37.5 Å². The van der Waals surface area contributed by atoms with Gasteiger partial charge in [-0.15, -0.1) is 0 Å². The Morgan fingerprint density at radius 3 is 0.944 bits per heavy atom. The van der Waals surface area contributed by atoms with Gasteiger partial charge in [0.25, 0.3) is 0 Å². The van der Waals surface area contributed by atoms with Gasteiger partial charge in [0.15, 0.2) is 0 Å². The molecule has 0 saturated heterocycles. The zero-order chi connectivity index (χ0) is 25.7. The normalized spacial score (nSPS) is 10.8. The van der Waals surface area contributed by atoms with Crippen molar-refractivity contribution in [2.45, 2.75) is 40.0 Å². The van der Waals surface area contributed by atoms with E-state index in [4.69, 9.17) is 31.4 Å². The minimum atomic E-state index is 0.576. The van der Waals surface area contributed by atoms with Gasteiger partial charge < -0.3 is 31.4 Å². The molecule has 0 spiro atoms. The molecule has 0 atom stereocenters. The predicted octanol–water partition coefficient (Wildman–Crippen LogP) is 7.50. The van der Waals surface area contributed by atoms with Gasteiger partial charge in [-0.1, -0.05) is 20.8 Å². The second-order valence-corrected chi connectivity index (χ2v) is 8.59. The molecule has 0 aliphatic heterocycles. The van der Waals surface area contributed by atoms with Crippen LogP contribution in [0.25, 0.3) is 0 Å². The van der Waals surface area contributed by atoms with E-state index in [1.54, 1.807) is 0 Å². The number of hydrogen-bond acceptors (Lipinski definition) is 6. The fourth-order valence-corrected chi connectivity index (χ4v) is 3.99. The summed E-state index contributed by atoms with van der Waals surface area (Å²) in [5.41, 5.74) is 23.5. The standard InChI is InChI=1S/C30H33N3O3/c1-4-19-13-22(7-10-28(19)31)34-25-16-26(35-23-8-11-29(32)20(5-2)14-23)18-27(17-25)36-24-9-12-30(33)21(6-3)15-24/h7-18H,4-6,31-33H2,1-3H3. The van der Waals surface area contributed by atoms with Crippen LogP contribution in [0.4, 0.5) is 17.1 Å².